The minimum absolute atomic E-state index is 0.108. The van der Waals surface area contributed by atoms with E-state index in [0.717, 1.165) is 12.8 Å². The minimum atomic E-state index is -0.164. The van der Waals surface area contributed by atoms with Gasteiger partial charge in [0.1, 0.15) is 0 Å². The molecule has 0 aliphatic rings. The van der Waals surface area contributed by atoms with Gasteiger partial charge in [0, 0.05) is 12.6 Å². The van der Waals surface area contributed by atoms with Crippen molar-refractivity contribution in [2.75, 3.05) is 13.2 Å². The highest BCUT2D eigenvalue weighted by molar-refractivity contribution is 5.71. The molecule has 2 unspecified atom stereocenters. The smallest absolute Gasteiger partial charge is 0.308 e. The molecular weight excluding hydrogens is 180 g/mol. The van der Waals surface area contributed by atoms with Crippen LogP contribution in [0.2, 0.25) is 0 Å². The number of carbonyl (C=O) groups is 1. The van der Waals surface area contributed by atoms with E-state index in [2.05, 4.69) is 6.92 Å². The number of carbonyl (C=O) groups excluding carboxylic acids is 1. The lowest BCUT2D eigenvalue weighted by Gasteiger charge is -2.14. The maximum atomic E-state index is 11.4. The summed E-state index contributed by atoms with van der Waals surface area (Å²) in [5, 5.41) is 0. The Hall–Kier alpha value is -0.610. The fourth-order valence-electron chi connectivity index (χ4n) is 1.11. The first-order chi connectivity index (χ1) is 6.61. The zero-order chi connectivity index (χ0) is 11.0. The van der Waals surface area contributed by atoms with Crippen LogP contribution in [0.25, 0.3) is 0 Å². The van der Waals surface area contributed by atoms with Crippen molar-refractivity contribution in [1.82, 2.24) is 0 Å². The topological polar surface area (TPSA) is 78.3 Å². The van der Waals surface area contributed by atoms with Gasteiger partial charge in [-0.15, -0.1) is 0 Å². The molecule has 0 aromatic rings. The molecule has 4 nitrogen and oxygen atoms in total. The van der Waals surface area contributed by atoms with Crippen LogP contribution in [0.4, 0.5) is 0 Å². The molecule has 0 aliphatic heterocycles. The molecule has 0 aromatic carbocycles. The molecule has 0 bridgehead atoms. The van der Waals surface area contributed by atoms with Gasteiger partial charge in [-0.3, -0.25) is 4.79 Å². The van der Waals surface area contributed by atoms with E-state index in [9.17, 15) is 4.79 Å². The molecule has 0 spiro atoms. The molecule has 0 radical (unpaired) electrons. The summed E-state index contributed by atoms with van der Waals surface area (Å²) in [5.74, 6) is -0.312. The Labute approximate surface area is 86.0 Å². The van der Waals surface area contributed by atoms with Gasteiger partial charge in [-0.05, 0) is 12.8 Å². The van der Waals surface area contributed by atoms with E-state index in [4.69, 9.17) is 16.2 Å². The van der Waals surface area contributed by atoms with E-state index in [-0.39, 0.29) is 17.9 Å². The molecule has 4 heteroatoms. The maximum Gasteiger partial charge on any atom is 0.308 e. The number of hydrogen-bond acceptors (Lipinski definition) is 4. The SMILES string of the molecule is CCCCOC(=O)C(C)CC(N)CN. The average Bonchev–Trinajstić information content (AvgIpc) is 2.17. The molecule has 0 saturated carbocycles. The standard InChI is InChI=1S/C10H22N2O2/c1-3-4-5-14-10(13)8(2)6-9(12)7-11/h8-9H,3-7,11-12H2,1-2H3. The summed E-state index contributed by atoms with van der Waals surface area (Å²) in [6.45, 7) is 4.80. The van der Waals surface area contributed by atoms with Crippen molar-refractivity contribution < 1.29 is 9.53 Å². The summed E-state index contributed by atoms with van der Waals surface area (Å²) in [6.07, 6.45) is 2.55. The van der Waals surface area contributed by atoms with Crippen molar-refractivity contribution in [2.24, 2.45) is 17.4 Å². The first-order valence-corrected chi connectivity index (χ1v) is 5.24. The molecule has 0 fully saturated rings. The molecule has 4 N–H and O–H groups in total. The summed E-state index contributed by atoms with van der Waals surface area (Å²) >= 11 is 0. The lowest BCUT2D eigenvalue weighted by atomic mass is 10.0. The second-order valence-electron chi connectivity index (χ2n) is 3.65. The van der Waals surface area contributed by atoms with Crippen LogP contribution in [0, 0.1) is 5.92 Å². The number of unbranched alkanes of at least 4 members (excludes halogenated alkanes) is 1. The van der Waals surface area contributed by atoms with Crippen molar-refractivity contribution in [2.45, 2.75) is 39.2 Å². The van der Waals surface area contributed by atoms with E-state index < -0.39 is 0 Å². The Morgan fingerprint density at radius 3 is 2.64 bits per heavy atom. The molecular formula is C10H22N2O2. The van der Waals surface area contributed by atoms with Crippen molar-refractivity contribution in [1.29, 1.82) is 0 Å². The van der Waals surface area contributed by atoms with Crippen LogP contribution in [-0.2, 0) is 9.53 Å². The Balaban J connectivity index is 3.64. The molecule has 0 aromatic heterocycles. The van der Waals surface area contributed by atoms with Crippen LogP contribution in [0.3, 0.4) is 0 Å². The number of rotatable bonds is 7. The van der Waals surface area contributed by atoms with Gasteiger partial charge in [0.25, 0.3) is 0 Å². The number of nitrogens with two attached hydrogens (primary N) is 2. The van der Waals surface area contributed by atoms with E-state index in [0.29, 0.717) is 19.6 Å². The Kier molecular flexibility index (Phi) is 7.42. The molecule has 14 heavy (non-hydrogen) atoms. The second-order valence-corrected chi connectivity index (χ2v) is 3.65. The highest BCUT2D eigenvalue weighted by atomic mass is 16.5. The van der Waals surface area contributed by atoms with Crippen molar-refractivity contribution in [3.63, 3.8) is 0 Å². The van der Waals surface area contributed by atoms with Crippen LogP contribution in [-0.4, -0.2) is 25.2 Å². The monoisotopic (exact) mass is 202 g/mol. The molecule has 0 aliphatic carbocycles. The van der Waals surface area contributed by atoms with Gasteiger partial charge in [-0.1, -0.05) is 20.3 Å². The van der Waals surface area contributed by atoms with Gasteiger partial charge < -0.3 is 16.2 Å². The third-order valence-electron chi connectivity index (χ3n) is 2.10. The molecule has 2 atom stereocenters. The highest BCUT2D eigenvalue weighted by Crippen LogP contribution is 2.07. The fraction of sp³-hybridized carbons (Fsp3) is 0.900. The van der Waals surface area contributed by atoms with Crippen LogP contribution < -0.4 is 11.5 Å². The minimum Gasteiger partial charge on any atom is -0.465 e. The average molecular weight is 202 g/mol. The maximum absolute atomic E-state index is 11.4. The number of ether oxygens (including phenoxy) is 1. The second kappa shape index (κ2) is 7.76. The fourth-order valence-corrected chi connectivity index (χ4v) is 1.11. The molecule has 0 amide bonds. The Morgan fingerprint density at radius 2 is 2.14 bits per heavy atom. The van der Waals surface area contributed by atoms with E-state index >= 15 is 0 Å². The first kappa shape index (κ1) is 13.4. The van der Waals surface area contributed by atoms with Crippen LogP contribution in [0.5, 0.6) is 0 Å². The van der Waals surface area contributed by atoms with Gasteiger partial charge in [-0.2, -0.15) is 0 Å². The van der Waals surface area contributed by atoms with Crippen LogP contribution >= 0.6 is 0 Å². The van der Waals surface area contributed by atoms with Crippen molar-refractivity contribution in [3.05, 3.63) is 0 Å². The summed E-state index contributed by atoms with van der Waals surface area (Å²) in [6, 6.07) is -0.108. The van der Waals surface area contributed by atoms with Gasteiger partial charge in [0.2, 0.25) is 0 Å². The van der Waals surface area contributed by atoms with Gasteiger partial charge in [0.05, 0.1) is 12.5 Å². The Bertz CT molecular complexity index is 162. The van der Waals surface area contributed by atoms with Crippen molar-refractivity contribution >= 4 is 5.97 Å². The number of hydrogen-bond donors (Lipinski definition) is 2. The predicted molar refractivity (Wildman–Crippen MR) is 56.7 cm³/mol. The third kappa shape index (κ3) is 5.94. The molecule has 0 rings (SSSR count). The summed E-state index contributed by atoms with van der Waals surface area (Å²) < 4.78 is 5.05. The van der Waals surface area contributed by atoms with Gasteiger partial charge in [0.15, 0.2) is 0 Å². The third-order valence-corrected chi connectivity index (χ3v) is 2.10. The summed E-state index contributed by atoms with van der Waals surface area (Å²) in [5.41, 5.74) is 11.0. The Morgan fingerprint density at radius 1 is 1.50 bits per heavy atom. The van der Waals surface area contributed by atoms with Crippen LogP contribution in [0.1, 0.15) is 33.1 Å². The zero-order valence-corrected chi connectivity index (χ0v) is 9.16. The summed E-state index contributed by atoms with van der Waals surface area (Å²) in [7, 11) is 0. The van der Waals surface area contributed by atoms with E-state index in [1.807, 2.05) is 6.92 Å². The van der Waals surface area contributed by atoms with Gasteiger partial charge >= 0.3 is 5.97 Å². The summed E-state index contributed by atoms with van der Waals surface area (Å²) in [4.78, 5) is 11.4. The van der Waals surface area contributed by atoms with E-state index in [1.165, 1.54) is 0 Å². The van der Waals surface area contributed by atoms with E-state index in [1.54, 1.807) is 0 Å². The first-order valence-electron chi connectivity index (χ1n) is 5.24. The molecule has 84 valence electrons. The zero-order valence-electron chi connectivity index (χ0n) is 9.16. The lowest BCUT2D eigenvalue weighted by molar-refractivity contribution is -0.148. The van der Waals surface area contributed by atoms with Crippen LogP contribution in [0.15, 0.2) is 0 Å². The quantitative estimate of drug-likeness (QED) is 0.469. The number of esters is 1. The highest BCUT2D eigenvalue weighted by Gasteiger charge is 2.16. The van der Waals surface area contributed by atoms with Crippen molar-refractivity contribution in [3.8, 4) is 0 Å². The van der Waals surface area contributed by atoms with Gasteiger partial charge in [-0.25, -0.2) is 0 Å². The normalized spacial score (nSPS) is 14.9. The molecule has 0 saturated heterocycles. The molecule has 0 heterocycles. The lowest BCUT2D eigenvalue weighted by Crippen LogP contribution is -2.33. The predicted octanol–water partition coefficient (Wildman–Crippen LogP) is 0.642. The largest absolute Gasteiger partial charge is 0.465 e.